The van der Waals surface area contributed by atoms with E-state index in [-0.39, 0.29) is 12.0 Å². The van der Waals surface area contributed by atoms with Crippen molar-refractivity contribution in [1.82, 2.24) is 5.32 Å². The molecule has 126 valence electrons. The van der Waals surface area contributed by atoms with Crippen molar-refractivity contribution in [1.29, 1.82) is 0 Å². The maximum absolute atomic E-state index is 12.1. The van der Waals surface area contributed by atoms with Gasteiger partial charge in [-0.1, -0.05) is 12.1 Å². The molecule has 6 nitrogen and oxygen atoms in total. The summed E-state index contributed by atoms with van der Waals surface area (Å²) in [7, 11) is 0. The summed E-state index contributed by atoms with van der Waals surface area (Å²) in [6, 6.07) is 13.4. The van der Waals surface area contributed by atoms with E-state index in [4.69, 9.17) is 10.5 Å². The highest BCUT2D eigenvalue weighted by Gasteiger charge is 2.06. The Labute approximate surface area is 141 Å². The standard InChI is InChI=1S/C18H21N3O3/c1-12(2)24-16-9-3-13(4-10-16)11-20-17(22)14-5-7-15(8-6-14)21-18(19)23/h3-10,12H,11H2,1-2H3,(H,20,22)(H3,19,21,23). The molecule has 0 saturated heterocycles. The number of hydrogen-bond acceptors (Lipinski definition) is 3. The highest BCUT2D eigenvalue weighted by atomic mass is 16.5. The molecule has 2 rings (SSSR count). The molecule has 0 aromatic heterocycles. The average Bonchev–Trinajstić information content (AvgIpc) is 2.53. The van der Waals surface area contributed by atoms with Crippen LogP contribution in [0.4, 0.5) is 10.5 Å². The number of hydrogen-bond donors (Lipinski definition) is 3. The fourth-order valence-corrected chi connectivity index (χ4v) is 2.09. The van der Waals surface area contributed by atoms with Crippen molar-refractivity contribution in [3.8, 4) is 5.75 Å². The van der Waals surface area contributed by atoms with Gasteiger partial charge in [0.05, 0.1) is 6.10 Å². The number of anilines is 1. The number of amides is 3. The number of nitrogens with two attached hydrogens (primary N) is 1. The number of carbonyl (C=O) groups excluding carboxylic acids is 2. The van der Waals surface area contributed by atoms with Gasteiger partial charge in [-0.15, -0.1) is 0 Å². The van der Waals surface area contributed by atoms with Crippen LogP contribution in [-0.4, -0.2) is 18.0 Å². The van der Waals surface area contributed by atoms with Crippen LogP contribution in [0.5, 0.6) is 5.75 Å². The van der Waals surface area contributed by atoms with Gasteiger partial charge in [0.2, 0.25) is 0 Å². The van der Waals surface area contributed by atoms with E-state index in [2.05, 4.69) is 10.6 Å². The molecule has 0 saturated carbocycles. The van der Waals surface area contributed by atoms with Gasteiger partial charge in [0.15, 0.2) is 0 Å². The first-order chi connectivity index (χ1) is 11.4. The molecule has 0 fully saturated rings. The second-order valence-corrected chi connectivity index (χ2v) is 5.56. The molecular formula is C18H21N3O3. The monoisotopic (exact) mass is 327 g/mol. The number of benzene rings is 2. The summed E-state index contributed by atoms with van der Waals surface area (Å²) in [4.78, 5) is 22.9. The third-order valence-corrected chi connectivity index (χ3v) is 3.16. The van der Waals surface area contributed by atoms with Gasteiger partial charge in [-0.2, -0.15) is 0 Å². The van der Waals surface area contributed by atoms with Gasteiger partial charge >= 0.3 is 6.03 Å². The Bertz CT molecular complexity index is 694. The van der Waals surface area contributed by atoms with Gasteiger partial charge in [0.1, 0.15) is 5.75 Å². The molecule has 0 aliphatic heterocycles. The fraction of sp³-hybridized carbons (Fsp3) is 0.222. The van der Waals surface area contributed by atoms with Crippen molar-refractivity contribution < 1.29 is 14.3 Å². The Morgan fingerprint density at radius 1 is 1.04 bits per heavy atom. The highest BCUT2D eigenvalue weighted by molar-refractivity contribution is 5.95. The van der Waals surface area contributed by atoms with Crippen LogP contribution in [0.15, 0.2) is 48.5 Å². The second kappa shape index (κ2) is 8.01. The molecule has 4 N–H and O–H groups in total. The van der Waals surface area contributed by atoms with Gasteiger partial charge < -0.3 is 21.1 Å². The summed E-state index contributed by atoms with van der Waals surface area (Å²) in [5.41, 5.74) is 7.06. The van der Waals surface area contributed by atoms with E-state index >= 15 is 0 Å². The number of urea groups is 1. The lowest BCUT2D eigenvalue weighted by atomic mass is 10.1. The summed E-state index contributed by atoms with van der Waals surface area (Å²) in [6.45, 7) is 4.36. The number of nitrogens with one attached hydrogen (secondary N) is 2. The van der Waals surface area contributed by atoms with Crippen molar-refractivity contribution in [2.45, 2.75) is 26.5 Å². The van der Waals surface area contributed by atoms with Crippen LogP contribution >= 0.6 is 0 Å². The molecular weight excluding hydrogens is 306 g/mol. The third-order valence-electron chi connectivity index (χ3n) is 3.16. The van der Waals surface area contributed by atoms with Gasteiger partial charge in [-0.3, -0.25) is 4.79 Å². The summed E-state index contributed by atoms with van der Waals surface area (Å²) in [5.74, 6) is 0.612. The van der Waals surface area contributed by atoms with Crippen molar-refractivity contribution in [3.05, 3.63) is 59.7 Å². The molecule has 0 aliphatic carbocycles. The molecule has 0 atom stereocenters. The topological polar surface area (TPSA) is 93.4 Å². The molecule has 0 bridgehead atoms. The number of carbonyl (C=O) groups is 2. The first-order valence-electron chi connectivity index (χ1n) is 7.64. The Kier molecular flexibility index (Phi) is 5.78. The first-order valence-corrected chi connectivity index (χ1v) is 7.64. The Morgan fingerprint density at radius 3 is 2.21 bits per heavy atom. The SMILES string of the molecule is CC(C)Oc1ccc(CNC(=O)c2ccc(NC(N)=O)cc2)cc1. The van der Waals surface area contributed by atoms with E-state index < -0.39 is 6.03 Å². The minimum atomic E-state index is -0.642. The average molecular weight is 327 g/mol. The first kappa shape index (κ1) is 17.3. The maximum Gasteiger partial charge on any atom is 0.316 e. The predicted octanol–water partition coefficient (Wildman–Crippen LogP) is 2.89. The molecule has 0 heterocycles. The summed E-state index contributed by atoms with van der Waals surface area (Å²) in [6.07, 6.45) is 0.127. The number of primary amides is 1. The molecule has 0 spiro atoms. The van der Waals surface area contributed by atoms with Crippen LogP contribution in [0, 0.1) is 0 Å². The fourth-order valence-electron chi connectivity index (χ4n) is 2.09. The van der Waals surface area contributed by atoms with Crippen LogP contribution < -0.4 is 21.1 Å². The zero-order valence-corrected chi connectivity index (χ0v) is 13.7. The summed E-state index contributed by atoms with van der Waals surface area (Å²) < 4.78 is 5.58. The molecule has 0 unspecified atom stereocenters. The van der Waals surface area contributed by atoms with E-state index in [1.165, 1.54) is 0 Å². The second-order valence-electron chi connectivity index (χ2n) is 5.56. The van der Waals surface area contributed by atoms with E-state index in [0.717, 1.165) is 11.3 Å². The van der Waals surface area contributed by atoms with E-state index in [1.807, 2.05) is 38.1 Å². The quantitative estimate of drug-likeness (QED) is 0.761. The molecule has 6 heteroatoms. The number of ether oxygens (including phenoxy) is 1. The van der Waals surface area contributed by atoms with Crippen LogP contribution in [0.25, 0.3) is 0 Å². The van der Waals surface area contributed by atoms with Crippen LogP contribution in [-0.2, 0) is 6.54 Å². The van der Waals surface area contributed by atoms with Gasteiger partial charge in [-0.25, -0.2) is 4.79 Å². The predicted molar refractivity (Wildman–Crippen MR) is 93.0 cm³/mol. The van der Waals surface area contributed by atoms with Crippen molar-refractivity contribution >= 4 is 17.6 Å². The molecule has 0 radical (unpaired) electrons. The highest BCUT2D eigenvalue weighted by Crippen LogP contribution is 2.14. The number of rotatable bonds is 6. The van der Waals surface area contributed by atoms with Crippen molar-refractivity contribution in [2.75, 3.05) is 5.32 Å². The lowest BCUT2D eigenvalue weighted by molar-refractivity contribution is 0.0951. The Morgan fingerprint density at radius 2 is 1.67 bits per heavy atom. The van der Waals surface area contributed by atoms with E-state index in [0.29, 0.717) is 17.8 Å². The van der Waals surface area contributed by atoms with E-state index in [1.54, 1.807) is 24.3 Å². The lowest BCUT2D eigenvalue weighted by Gasteiger charge is -2.10. The lowest BCUT2D eigenvalue weighted by Crippen LogP contribution is -2.23. The minimum Gasteiger partial charge on any atom is -0.491 e. The smallest absolute Gasteiger partial charge is 0.316 e. The van der Waals surface area contributed by atoms with Gasteiger partial charge in [0.25, 0.3) is 5.91 Å². The summed E-state index contributed by atoms with van der Waals surface area (Å²) >= 11 is 0. The Hall–Kier alpha value is -3.02. The molecule has 24 heavy (non-hydrogen) atoms. The molecule has 0 aliphatic rings. The summed E-state index contributed by atoms with van der Waals surface area (Å²) in [5, 5.41) is 5.29. The third kappa shape index (κ3) is 5.31. The van der Waals surface area contributed by atoms with Crippen molar-refractivity contribution in [2.24, 2.45) is 5.73 Å². The normalized spacial score (nSPS) is 10.3. The Balaban J connectivity index is 1.89. The molecule has 2 aromatic carbocycles. The van der Waals surface area contributed by atoms with Crippen LogP contribution in [0.3, 0.4) is 0 Å². The van der Waals surface area contributed by atoms with Gasteiger partial charge in [0, 0.05) is 17.8 Å². The zero-order chi connectivity index (χ0) is 17.5. The van der Waals surface area contributed by atoms with Crippen molar-refractivity contribution in [3.63, 3.8) is 0 Å². The minimum absolute atomic E-state index is 0.127. The molecule has 3 amide bonds. The molecule has 2 aromatic rings. The zero-order valence-electron chi connectivity index (χ0n) is 13.7. The largest absolute Gasteiger partial charge is 0.491 e. The van der Waals surface area contributed by atoms with E-state index in [9.17, 15) is 9.59 Å². The van der Waals surface area contributed by atoms with Crippen LogP contribution in [0.1, 0.15) is 29.8 Å². The van der Waals surface area contributed by atoms with Crippen LogP contribution in [0.2, 0.25) is 0 Å². The maximum atomic E-state index is 12.1. The van der Waals surface area contributed by atoms with Gasteiger partial charge in [-0.05, 0) is 55.8 Å².